The van der Waals surface area contributed by atoms with Crippen LogP contribution in [0.5, 0.6) is 0 Å². The fourth-order valence-electron chi connectivity index (χ4n) is 4.58. The molecule has 1 heterocycles. The van der Waals surface area contributed by atoms with Crippen LogP contribution in [0.3, 0.4) is 0 Å². The summed E-state index contributed by atoms with van der Waals surface area (Å²) < 4.78 is 5.95. The maximum Gasteiger partial charge on any atom is 0.127 e. The highest BCUT2D eigenvalue weighted by molar-refractivity contribution is 6.38. The van der Waals surface area contributed by atoms with Crippen LogP contribution in [0.25, 0.3) is 0 Å². The zero-order valence-corrected chi connectivity index (χ0v) is 13.7. The molecule has 2 unspecified atom stereocenters. The molecule has 2 rings (SSSR count). The van der Waals surface area contributed by atoms with Crippen LogP contribution in [0, 0.1) is 5.92 Å². The van der Waals surface area contributed by atoms with E-state index >= 15 is 0 Å². The first-order chi connectivity index (χ1) is 9.92. The number of methoxy groups -OCH3 is 1. The lowest BCUT2D eigenvalue weighted by atomic mass is 9.53. The Morgan fingerprint density at radius 1 is 0.700 bits per heavy atom. The zero-order chi connectivity index (χ0) is 14.0. The second-order valence-corrected chi connectivity index (χ2v) is 7.24. The Labute approximate surface area is 127 Å². The maximum absolute atomic E-state index is 5.95. The van der Waals surface area contributed by atoms with Gasteiger partial charge in [0.2, 0.25) is 0 Å². The molecule has 1 saturated carbocycles. The van der Waals surface area contributed by atoms with Crippen LogP contribution in [-0.4, -0.2) is 20.5 Å². The SMILES string of the molecule is COC1CCCCCCBC1C1CCCCCCCC1. The lowest BCUT2D eigenvalue weighted by molar-refractivity contribution is 0.0682. The van der Waals surface area contributed by atoms with Gasteiger partial charge in [0.1, 0.15) is 7.28 Å². The topological polar surface area (TPSA) is 9.23 Å². The van der Waals surface area contributed by atoms with Crippen molar-refractivity contribution in [2.45, 2.75) is 102 Å². The summed E-state index contributed by atoms with van der Waals surface area (Å²) in [5, 5.41) is 0. The average molecular weight is 278 g/mol. The van der Waals surface area contributed by atoms with Crippen molar-refractivity contribution in [1.29, 1.82) is 0 Å². The highest BCUT2D eigenvalue weighted by Gasteiger charge is 2.29. The van der Waals surface area contributed by atoms with Crippen LogP contribution in [-0.2, 0) is 4.74 Å². The van der Waals surface area contributed by atoms with Gasteiger partial charge in [0.15, 0.2) is 0 Å². The van der Waals surface area contributed by atoms with Crippen molar-refractivity contribution in [3.8, 4) is 0 Å². The fraction of sp³-hybridized carbons (Fsp3) is 1.00. The van der Waals surface area contributed by atoms with Gasteiger partial charge in [0.05, 0.1) is 6.10 Å². The van der Waals surface area contributed by atoms with Gasteiger partial charge in [0.25, 0.3) is 0 Å². The average Bonchev–Trinajstić information content (AvgIpc) is 2.68. The van der Waals surface area contributed by atoms with E-state index in [1.54, 1.807) is 0 Å². The molecule has 0 aromatic carbocycles. The third-order valence-corrected chi connectivity index (χ3v) is 5.81. The highest BCUT2D eigenvalue weighted by Crippen LogP contribution is 2.37. The summed E-state index contributed by atoms with van der Waals surface area (Å²) in [6.45, 7) is 0. The number of hydrogen-bond acceptors (Lipinski definition) is 1. The summed E-state index contributed by atoms with van der Waals surface area (Å²) in [4.78, 5) is 0. The molecule has 0 spiro atoms. The van der Waals surface area contributed by atoms with E-state index in [4.69, 9.17) is 4.74 Å². The monoisotopic (exact) mass is 278 g/mol. The Balaban J connectivity index is 1.97. The molecule has 2 atom stereocenters. The standard InChI is InChI=1S/C18H35BO/c1-20-17-14-10-6-7-11-15-19-18(17)16-12-8-4-2-3-5-9-13-16/h16-19H,2-15H2,1H3. The molecule has 0 aromatic rings. The minimum absolute atomic E-state index is 0.554. The first-order valence-electron chi connectivity index (χ1n) is 9.44. The van der Waals surface area contributed by atoms with Crippen LogP contribution in [0.2, 0.25) is 12.1 Å². The maximum atomic E-state index is 5.95. The molecule has 0 amide bonds. The molecule has 116 valence electrons. The van der Waals surface area contributed by atoms with E-state index in [0.29, 0.717) is 6.10 Å². The van der Waals surface area contributed by atoms with Gasteiger partial charge in [-0.1, -0.05) is 83.4 Å². The van der Waals surface area contributed by atoms with Crippen molar-refractivity contribution >= 4 is 7.28 Å². The number of rotatable bonds is 2. The normalized spacial score (nSPS) is 31.9. The van der Waals surface area contributed by atoms with Gasteiger partial charge in [0, 0.05) is 7.11 Å². The minimum Gasteiger partial charge on any atom is -0.382 e. The van der Waals surface area contributed by atoms with Crippen LogP contribution in [0.1, 0.15) is 83.5 Å². The Morgan fingerprint density at radius 2 is 1.25 bits per heavy atom. The molecule has 20 heavy (non-hydrogen) atoms. The fourth-order valence-corrected chi connectivity index (χ4v) is 4.58. The van der Waals surface area contributed by atoms with Gasteiger partial charge < -0.3 is 4.74 Å². The third kappa shape index (κ3) is 5.43. The minimum atomic E-state index is 0.554. The molecule has 1 saturated heterocycles. The third-order valence-electron chi connectivity index (χ3n) is 5.81. The van der Waals surface area contributed by atoms with Gasteiger partial charge in [-0.25, -0.2) is 0 Å². The van der Waals surface area contributed by atoms with Crippen molar-refractivity contribution in [2.24, 2.45) is 5.92 Å². The van der Waals surface area contributed by atoms with E-state index in [9.17, 15) is 0 Å². The van der Waals surface area contributed by atoms with Crippen molar-refractivity contribution in [1.82, 2.24) is 0 Å². The lowest BCUT2D eigenvalue weighted by Gasteiger charge is -2.33. The van der Waals surface area contributed by atoms with Gasteiger partial charge in [-0.15, -0.1) is 0 Å². The molecule has 2 heteroatoms. The summed E-state index contributed by atoms with van der Waals surface area (Å²) in [6.07, 6.45) is 20.8. The predicted molar refractivity (Wildman–Crippen MR) is 90.0 cm³/mol. The largest absolute Gasteiger partial charge is 0.382 e. The molecule has 2 aliphatic rings. The van der Waals surface area contributed by atoms with Gasteiger partial charge >= 0.3 is 0 Å². The van der Waals surface area contributed by atoms with E-state index in [2.05, 4.69) is 0 Å². The van der Waals surface area contributed by atoms with Crippen molar-refractivity contribution in [2.75, 3.05) is 7.11 Å². The van der Waals surface area contributed by atoms with E-state index in [0.717, 1.165) is 11.7 Å². The molecule has 1 aliphatic heterocycles. The van der Waals surface area contributed by atoms with E-state index in [1.807, 2.05) is 7.11 Å². The first kappa shape index (κ1) is 16.4. The molecule has 0 radical (unpaired) electrons. The van der Waals surface area contributed by atoms with Crippen LogP contribution < -0.4 is 0 Å². The molecule has 0 bridgehead atoms. The van der Waals surface area contributed by atoms with Crippen molar-refractivity contribution in [3.63, 3.8) is 0 Å². The Morgan fingerprint density at radius 3 is 1.90 bits per heavy atom. The summed E-state index contributed by atoms with van der Waals surface area (Å²) in [7, 11) is 3.40. The van der Waals surface area contributed by atoms with Gasteiger partial charge in [-0.3, -0.25) is 0 Å². The Hall–Kier alpha value is 0.0249. The van der Waals surface area contributed by atoms with Gasteiger partial charge in [-0.2, -0.15) is 0 Å². The van der Waals surface area contributed by atoms with E-state index in [-0.39, 0.29) is 0 Å². The second-order valence-electron chi connectivity index (χ2n) is 7.24. The first-order valence-corrected chi connectivity index (χ1v) is 9.44. The summed E-state index contributed by atoms with van der Waals surface area (Å²) >= 11 is 0. The predicted octanol–water partition coefficient (Wildman–Crippen LogP) is 5.36. The highest BCUT2D eigenvalue weighted by atomic mass is 16.5. The summed E-state index contributed by atoms with van der Waals surface area (Å²) in [6, 6.07) is 0. The zero-order valence-electron chi connectivity index (χ0n) is 13.7. The molecular weight excluding hydrogens is 243 g/mol. The number of ether oxygens (including phenoxy) is 1. The lowest BCUT2D eigenvalue weighted by Crippen LogP contribution is -2.29. The van der Waals surface area contributed by atoms with Crippen LogP contribution in [0.4, 0.5) is 0 Å². The van der Waals surface area contributed by atoms with Crippen molar-refractivity contribution in [3.05, 3.63) is 0 Å². The van der Waals surface area contributed by atoms with Crippen molar-refractivity contribution < 1.29 is 4.74 Å². The summed E-state index contributed by atoms with van der Waals surface area (Å²) in [5.74, 6) is 1.81. The molecule has 0 aromatic heterocycles. The molecule has 1 nitrogen and oxygen atoms in total. The number of hydrogen-bond donors (Lipinski definition) is 0. The Kier molecular flexibility index (Phi) is 8.09. The summed E-state index contributed by atoms with van der Waals surface area (Å²) in [5.41, 5.74) is 0. The Bertz CT molecular complexity index is 234. The second kappa shape index (κ2) is 9.87. The quantitative estimate of drug-likeness (QED) is 0.618. The molecular formula is C18H35BO. The van der Waals surface area contributed by atoms with Crippen LogP contribution in [0.15, 0.2) is 0 Å². The molecule has 1 aliphatic carbocycles. The van der Waals surface area contributed by atoms with Crippen LogP contribution >= 0.6 is 0 Å². The van der Waals surface area contributed by atoms with E-state index in [1.165, 1.54) is 97.1 Å². The van der Waals surface area contributed by atoms with Gasteiger partial charge in [-0.05, 0) is 18.2 Å². The molecule has 2 fully saturated rings. The smallest absolute Gasteiger partial charge is 0.127 e. The van der Waals surface area contributed by atoms with E-state index < -0.39 is 0 Å². The molecule has 0 N–H and O–H groups in total.